The summed E-state index contributed by atoms with van der Waals surface area (Å²) < 4.78 is 5.40. The van der Waals surface area contributed by atoms with Crippen LogP contribution in [-0.2, 0) is 19.1 Å². The molecular formula is C26H29N3O6. The molecule has 0 unspecified atom stereocenters. The Balaban J connectivity index is 1.19. The summed E-state index contributed by atoms with van der Waals surface area (Å²) in [5.41, 5.74) is 3.62. The zero-order valence-electron chi connectivity index (χ0n) is 19.6. The van der Waals surface area contributed by atoms with E-state index < -0.39 is 23.4 Å². The molecule has 3 amide bonds. The van der Waals surface area contributed by atoms with Crippen LogP contribution >= 0.6 is 0 Å². The van der Waals surface area contributed by atoms with Crippen LogP contribution in [0.3, 0.4) is 0 Å². The van der Waals surface area contributed by atoms with Crippen molar-refractivity contribution in [3.63, 3.8) is 0 Å². The Kier molecular flexibility index (Phi) is 7.04. The monoisotopic (exact) mass is 479 g/mol. The van der Waals surface area contributed by atoms with E-state index in [9.17, 15) is 24.3 Å². The van der Waals surface area contributed by atoms with Gasteiger partial charge in [-0.25, -0.2) is 4.79 Å². The number of carbonyl (C=O) groups is 4. The van der Waals surface area contributed by atoms with Gasteiger partial charge in [-0.2, -0.15) is 0 Å². The second-order valence-electron chi connectivity index (χ2n) is 9.20. The number of nitrogens with zero attached hydrogens (tertiary/aromatic N) is 1. The van der Waals surface area contributed by atoms with E-state index in [2.05, 4.69) is 22.8 Å². The number of hydrogen-bond donors (Lipinski definition) is 3. The largest absolute Gasteiger partial charge is 0.481 e. The van der Waals surface area contributed by atoms with Gasteiger partial charge in [-0.1, -0.05) is 48.5 Å². The molecule has 1 aliphatic heterocycles. The minimum atomic E-state index is -0.864. The molecule has 9 nitrogen and oxygen atoms in total. The quantitative estimate of drug-likeness (QED) is 0.560. The van der Waals surface area contributed by atoms with Gasteiger partial charge < -0.3 is 25.4 Å². The number of ether oxygens (including phenoxy) is 1. The maximum absolute atomic E-state index is 12.3. The number of piperidine rings is 1. The number of aliphatic carboxylic acids is 1. The first-order valence-electron chi connectivity index (χ1n) is 11.7. The van der Waals surface area contributed by atoms with E-state index >= 15 is 0 Å². The van der Waals surface area contributed by atoms with Gasteiger partial charge in [-0.05, 0) is 42.0 Å². The Labute approximate surface area is 203 Å². The van der Waals surface area contributed by atoms with Crippen molar-refractivity contribution in [2.75, 3.05) is 32.8 Å². The molecule has 0 saturated carbocycles. The fourth-order valence-electron chi connectivity index (χ4n) is 4.61. The van der Waals surface area contributed by atoms with Gasteiger partial charge in [0, 0.05) is 19.0 Å². The molecule has 0 atom stereocenters. The van der Waals surface area contributed by atoms with Crippen molar-refractivity contribution in [1.29, 1.82) is 0 Å². The maximum atomic E-state index is 12.3. The predicted octanol–water partition coefficient (Wildman–Crippen LogP) is 2.35. The minimum absolute atomic E-state index is 0.0767. The van der Waals surface area contributed by atoms with Gasteiger partial charge in [0.15, 0.2) is 0 Å². The van der Waals surface area contributed by atoms with E-state index in [1.807, 2.05) is 36.4 Å². The van der Waals surface area contributed by atoms with Gasteiger partial charge in [0.05, 0.1) is 12.0 Å². The zero-order valence-corrected chi connectivity index (χ0v) is 19.6. The van der Waals surface area contributed by atoms with Crippen LogP contribution in [0.15, 0.2) is 48.5 Å². The topological polar surface area (TPSA) is 125 Å². The summed E-state index contributed by atoms with van der Waals surface area (Å²) in [4.78, 5) is 49.5. The minimum Gasteiger partial charge on any atom is -0.481 e. The third kappa shape index (κ3) is 5.29. The number of benzene rings is 2. The molecule has 3 N–H and O–H groups in total. The van der Waals surface area contributed by atoms with Crippen molar-refractivity contribution in [2.24, 2.45) is 5.41 Å². The summed E-state index contributed by atoms with van der Waals surface area (Å²) in [6, 6.07) is 16.0. The number of carboxylic acid groups (broad SMARTS) is 1. The predicted molar refractivity (Wildman–Crippen MR) is 128 cm³/mol. The molecule has 35 heavy (non-hydrogen) atoms. The number of amides is 3. The highest BCUT2D eigenvalue weighted by Gasteiger charge is 2.38. The number of alkyl carbamates (subject to hydrolysis) is 1. The first kappa shape index (κ1) is 24.3. The van der Waals surface area contributed by atoms with Crippen molar-refractivity contribution in [2.45, 2.75) is 25.7 Å². The number of likely N-dealkylation sites (tertiary alicyclic amines) is 1. The molecule has 9 heteroatoms. The second kappa shape index (κ2) is 10.2. The molecule has 4 rings (SSSR count). The molecule has 1 saturated heterocycles. The van der Waals surface area contributed by atoms with Crippen molar-refractivity contribution >= 4 is 23.9 Å². The molecule has 1 aliphatic carbocycles. The Morgan fingerprint density at radius 1 is 0.943 bits per heavy atom. The lowest BCUT2D eigenvalue weighted by Gasteiger charge is -2.36. The molecule has 2 aromatic rings. The number of fused-ring (bicyclic) bond motifs is 3. The molecule has 0 radical (unpaired) electrons. The van der Waals surface area contributed by atoms with Crippen LogP contribution in [0.2, 0.25) is 0 Å². The van der Waals surface area contributed by atoms with Crippen molar-refractivity contribution < 1.29 is 29.0 Å². The molecular weight excluding hydrogens is 450 g/mol. The third-order valence-electron chi connectivity index (χ3n) is 6.91. The van der Waals surface area contributed by atoms with Crippen LogP contribution in [0.25, 0.3) is 11.1 Å². The van der Waals surface area contributed by atoms with Gasteiger partial charge in [-0.3, -0.25) is 14.4 Å². The van der Waals surface area contributed by atoms with Crippen molar-refractivity contribution in [3.05, 3.63) is 59.7 Å². The zero-order chi connectivity index (χ0) is 25.0. The van der Waals surface area contributed by atoms with Gasteiger partial charge >= 0.3 is 12.1 Å². The van der Waals surface area contributed by atoms with Crippen LogP contribution in [0.4, 0.5) is 4.79 Å². The Hall–Kier alpha value is -3.88. The molecule has 2 aromatic carbocycles. The van der Waals surface area contributed by atoms with Gasteiger partial charge in [0.1, 0.15) is 13.2 Å². The normalized spacial score (nSPS) is 16.1. The number of nitrogens with one attached hydrogen (secondary N) is 2. The summed E-state index contributed by atoms with van der Waals surface area (Å²) in [7, 11) is 0. The molecule has 0 spiro atoms. The second-order valence-corrected chi connectivity index (χ2v) is 9.20. The molecule has 1 heterocycles. The Morgan fingerprint density at radius 3 is 2.09 bits per heavy atom. The molecule has 1 fully saturated rings. The molecule has 0 bridgehead atoms. The van der Waals surface area contributed by atoms with E-state index in [0.717, 1.165) is 22.3 Å². The van der Waals surface area contributed by atoms with Crippen molar-refractivity contribution in [1.82, 2.24) is 15.5 Å². The smallest absolute Gasteiger partial charge is 0.407 e. The first-order chi connectivity index (χ1) is 16.8. The van der Waals surface area contributed by atoms with Gasteiger partial charge in [-0.15, -0.1) is 0 Å². The van der Waals surface area contributed by atoms with Crippen LogP contribution in [0.5, 0.6) is 0 Å². The number of hydrogen-bond acceptors (Lipinski definition) is 5. The van der Waals surface area contributed by atoms with Crippen molar-refractivity contribution in [3.8, 4) is 11.1 Å². The summed E-state index contributed by atoms with van der Waals surface area (Å²) in [6.45, 7) is 1.94. The third-order valence-corrected chi connectivity index (χ3v) is 6.91. The molecule has 0 aromatic heterocycles. The fourth-order valence-corrected chi connectivity index (χ4v) is 4.61. The van der Waals surface area contributed by atoms with Gasteiger partial charge in [0.2, 0.25) is 11.8 Å². The Morgan fingerprint density at radius 2 is 1.51 bits per heavy atom. The Bertz CT molecular complexity index is 1090. The van der Waals surface area contributed by atoms with E-state index in [-0.39, 0.29) is 31.5 Å². The number of rotatable bonds is 7. The average molecular weight is 480 g/mol. The summed E-state index contributed by atoms with van der Waals surface area (Å²) in [6.07, 6.45) is 0.0220. The highest BCUT2D eigenvalue weighted by Crippen LogP contribution is 2.44. The van der Waals surface area contributed by atoms with Crippen LogP contribution < -0.4 is 10.6 Å². The molecule has 2 aliphatic rings. The first-order valence-corrected chi connectivity index (χ1v) is 11.7. The lowest BCUT2D eigenvalue weighted by molar-refractivity contribution is -0.152. The average Bonchev–Trinajstić information content (AvgIpc) is 3.19. The maximum Gasteiger partial charge on any atom is 0.407 e. The van der Waals surface area contributed by atoms with E-state index in [0.29, 0.717) is 25.9 Å². The van der Waals surface area contributed by atoms with Crippen LogP contribution in [-0.4, -0.2) is 66.7 Å². The highest BCUT2D eigenvalue weighted by atomic mass is 16.5. The number of carboxylic acids is 1. The summed E-state index contributed by atoms with van der Waals surface area (Å²) >= 11 is 0. The van der Waals surface area contributed by atoms with Crippen LogP contribution in [0, 0.1) is 5.41 Å². The van der Waals surface area contributed by atoms with E-state index in [1.165, 1.54) is 0 Å². The standard InChI is InChI=1S/C26H29N3O6/c1-26(24(32)33)10-12-29(13-11-26)23(31)15-27-22(30)14-28-25(34)35-16-21-19-8-4-2-6-17(19)18-7-3-5-9-20(18)21/h2-9,21H,10-16H2,1H3,(H,27,30)(H,28,34)(H,32,33). The van der Waals surface area contributed by atoms with E-state index in [1.54, 1.807) is 11.8 Å². The lowest BCUT2D eigenvalue weighted by Crippen LogP contribution is -2.49. The number of carbonyl (C=O) groups excluding carboxylic acids is 3. The van der Waals surface area contributed by atoms with Gasteiger partial charge in [0.25, 0.3) is 0 Å². The summed E-state index contributed by atoms with van der Waals surface area (Å²) in [5, 5.41) is 14.2. The summed E-state index contributed by atoms with van der Waals surface area (Å²) in [5.74, 6) is -1.74. The lowest BCUT2D eigenvalue weighted by atomic mass is 9.80. The van der Waals surface area contributed by atoms with E-state index in [4.69, 9.17) is 4.74 Å². The SMILES string of the molecule is CC1(C(=O)O)CCN(C(=O)CNC(=O)CNC(=O)OCC2c3ccccc3-c3ccccc32)CC1. The van der Waals surface area contributed by atoms with Crippen LogP contribution in [0.1, 0.15) is 36.8 Å². The molecule has 184 valence electrons. The fraction of sp³-hybridized carbons (Fsp3) is 0.385. The highest BCUT2D eigenvalue weighted by molar-refractivity contribution is 5.87.